The average molecular weight is 509 g/mol. The van der Waals surface area contributed by atoms with Gasteiger partial charge in [-0.2, -0.15) is 0 Å². The van der Waals surface area contributed by atoms with E-state index in [-0.39, 0.29) is 18.6 Å². The summed E-state index contributed by atoms with van der Waals surface area (Å²) in [5.41, 5.74) is 1.87. The summed E-state index contributed by atoms with van der Waals surface area (Å²) in [7, 11) is 0. The first-order chi connectivity index (χ1) is 16.7. The predicted octanol–water partition coefficient (Wildman–Crippen LogP) is 4.38. The fourth-order valence-corrected chi connectivity index (χ4v) is 5.49. The number of rotatable bonds is 10. The molecule has 1 N–H and O–H groups in total. The van der Waals surface area contributed by atoms with E-state index in [1.807, 2.05) is 19.1 Å². The monoisotopic (exact) mass is 508 g/mol. The Labute approximate surface area is 209 Å². The zero-order chi connectivity index (χ0) is 24.8. The van der Waals surface area contributed by atoms with E-state index in [9.17, 15) is 13.6 Å². The minimum atomic E-state index is -2.85. The number of aromatic nitrogens is 2. The maximum atomic E-state index is 13.0. The van der Waals surface area contributed by atoms with Gasteiger partial charge in [0.25, 0.3) is 17.0 Å². The number of ether oxygens (including phenoxy) is 2. The molecule has 4 rings (SSSR count). The molecule has 0 radical (unpaired) electrons. The highest BCUT2D eigenvalue weighted by Gasteiger charge is 2.27. The van der Waals surface area contributed by atoms with Crippen LogP contribution >= 0.6 is 11.3 Å². The second-order valence-electron chi connectivity index (χ2n) is 9.73. The Hall–Kier alpha value is -2.33. The molecule has 1 saturated carbocycles. The Morgan fingerprint density at radius 3 is 2.77 bits per heavy atom. The van der Waals surface area contributed by atoms with E-state index in [1.54, 1.807) is 6.20 Å². The highest BCUT2D eigenvalue weighted by atomic mass is 32.1. The molecule has 0 atom stereocenters. The van der Waals surface area contributed by atoms with Gasteiger partial charge in [-0.15, -0.1) is 0 Å². The topological polar surface area (TPSA) is 76.6 Å². The third-order valence-corrected chi connectivity index (χ3v) is 7.63. The molecular weight excluding hydrogens is 474 g/mol. The van der Waals surface area contributed by atoms with Crippen molar-refractivity contribution in [2.75, 3.05) is 26.3 Å². The molecule has 0 saturated heterocycles. The van der Waals surface area contributed by atoms with Gasteiger partial charge in [-0.1, -0.05) is 11.3 Å². The van der Waals surface area contributed by atoms with Gasteiger partial charge >= 0.3 is 0 Å². The Kier molecular flexibility index (Phi) is 8.54. The summed E-state index contributed by atoms with van der Waals surface area (Å²) in [6.45, 7) is 4.83. The summed E-state index contributed by atoms with van der Waals surface area (Å²) in [6, 6.07) is 3.88. The predicted molar refractivity (Wildman–Crippen MR) is 130 cm³/mol. The summed E-state index contributed by atoms with van der Waals surface area (Å²) in [6.07, 6.45) is 7.82. The third kappa shape index (κ3) is 8.10. The molecule has 2 aromatic heterocycles. The number of hydrogen-bond acceptors (Lipinski definition) is 7. The van der Waals surface area contributed by atoms with Crippen LogP contribution in [0.4, 0.5) is 8.78 Å². The van der Waals surface area contributed by atoms with E-state index in [1.165, 1.54) is 11.3 Å². The van der Waals surface area contributed by atoms with Gasteiger partial charge in [-0.25, -0.2) is 13.8 Å². The minimum absolute atomic E-state index is 0.00582. The maximum Gasteiger partial charge on any atom is 0.278 e. The lowest BCUT2D eigenvalue weighted by atomic mass is 9.84. The lowest BCUT2D eigenvalue weighted by molar-refractivity contribution is -0.124. The summed E-state index contributed by atoms with van der Waals surface area (Å²) in [4.78, 5) is 24.4. The normalized spacial score (nSPS) is 20.8. The van der Waals surface area contributed by atoms with Crippen molar-refractivity contribution in [1.29, 1.82) is 0 Å². The summed E-state index contributed by atoms with van der Waals surface area (Å²) >= 11 is 1.39. The molecule has 2 aromatic rings. The highest BCUT2D eigenvalue weighted by molar-refractivity contribution is 7.13. The second-order valence-corrected chi connectivity index (χ2v) is 10.8. The summed E-state index contributed by atoms with van der Waals surface area (Å²) in [5.74, 6) is -1.69. The lowest BCUT2D eigenvalue weighted by Crippen LogP contribution is -2.40. The SMILES string of the molecule is Cc1ccc(OCC(=O)N[C@H]2CC[C@H](CCN3CCc4sc(OCC(C)(F)F)nc4C3)CC2)cn1. The van der Waals surface area contributed by atoms with E-state index in [0.29, 0.717) is 16.9 Å². The zero-order valence-corrected chi connectivity index (χ0v) is 21.2. The molecule has 10 heteroatoms. The number of alkyl halides is 2. The van der Waals surface area contributed by atoms with Crippen molar-refractivity contribution in [1.82, 2.24) is 20.2 Å². The molecule has 1 fully saturated rings. The molecule has 1 aliphatic carbocycles. The van der Waals surface area contributed by atoms with E-state index in [4.69, 9.17) is 9.47 Å². The smallest absolute Gasteiger partial charge is 0.278 e. The van der Waals surface area contributed by atoms with E-state index in [0.717, 1.165) is 81.3 Å². The van der Waals surface area contributed by atoms with Gasteiger partial charge in [0, 0.05) is 36.6 Å². The van der Waals surface area contributed by atoms with Crippen molar-refractivity contribution < 1.29 is 23.0 Å². The summed E-state index contributed by atoms with van der Waals surface area (Å²) in [5, 5.41) is 3.45. The molecule has 7 nitrogen and oxygen atoms in total. The zero-order valence-electron chi connectivity index (χ0n) is 20.4. The van der Waals surface area contributed by atoms with Gasteiger partial charge in [0.2, 0.25) is 0 Å². The van der Waals surface area contributed by atoms with Gasteiger partial charge in [-0.05, 0) is 70.0 Å². The molecule has 0 aromatic carbocycles. The maximum absolute atomic E-state index is 13.0. The molecule has 1 amide bonds. The quantitative estimate of drug-likeness (QED) is 0.513. The second kappa shape index (κ2) is 11.6. The number of hydrogen-bond donors (Lipinski definition) is 1. The Bertz CT molecular complexity index is 972. The van der Waals surface area contributed by atoms with Crippen LogP contribution in [0.1, 0.15) is 55.3 Å². The van der Waals surface area contributed by atoms with Gasteiger partial charge in [-0.3, -0.25) is 14.7 Å². The number of nitrogens with one attached hydrogen (secondary N) is 1. The molecule has 0 bridgehead atoms. The van der Waals surface area contributed by atoms with Crippen LogP contribution in [0.25, 0.3) is 0 Å². The standard InChI is InChI=1S/C25H34F2N4O3S/c1-17-3-8-20(13-28-17)33-15-23(32)29-19-6-4-18(5-7-19)9-11-31-12-10-22-21(14-31)30-24(35-22)34-16-25(2,26)27/h3,8,13,18-19H,4-7,9-12,14-16H2,1-2H3,(H,29,32)/t18-,19-. The van der Waals surface area contributed by atoms with Crippen LogP contribution in [0.15, 0.2) is 18.3 Å². The van der Waals surface area contributed by atoms with Crippen molar-refractivity contribution in [3.05, 3.63) is 34.6 Å². The first-order valence-electron chi connectivity index (χ1n) is 12.3. The number of fused-ring (bicyclic) bond motifs is 1. The van der Waals surface area contributed by atoms with Gasteiger partial charge in [0.1, 0.15) is 5.75 Å². The number of aryl methyl sites for hydroxylation is 1. The molecule has 35 heavy (non-hydrogen) atoms. The number of carbonyl (C=O) groups excluding carboxylic acids is 1. The number of thiazole rings is 1. The molecule has 0 unspecified atom stereocenters. The van der Waals surface area contributed by atoms with Crippen molar-refractivity contribution in [2.24, 2.45) is 5.92 Å². The van der Waals surface area contributed by atoms with Crippen LogP contribution < -0.4 is 14.8 Å². The molecule has 0 spiro atoms. The molecule has 2 aliphatic rings. The van der Waals surface area contributed by atoms with E-state index < -0.39 is 12.5 Å². The third-order valence-electron chi connectivity index (χ3n) is 6.56. The fourth-order valence-electron chi connectivity index (χ4n) is 4.59. The minimum Gasteiger partial charge on any atom is -0.482 e. The lowest BCUT2D eigenvalue weighted by Gasteiger charge is -2.32. The van der Waals surface area contributed by atoms with E-state index in [2.05, 4.69) is 20.2 Å². The van der Waals surface area contributed by atoms with Crippen molar-refractivity contribution in [3.8, 4) is 10.9 Å². The van der Waals surface area contributed by atoms with E-state index >= 15 is 0 Å². The Balaban J connectivity index is 1.12. The van der Waals surface area contributed by atoms with Crippen LogP contribution in [0.5, 0.6) is 10.9 Å². The molecule has 1 aliphatic heterocycles. The molecule has 3 heterocycles. The molecular formula is C25H34F2N4O3S. The van der Waals surface area contributed by atoms with Crippen LogP contribution in [0.2, 0.25) is 0 Å². The Morgan fingerprint density at radius 2 is 2.06 bits per heavy atom. The van der Waals surface area contributed by atoms with Crippen LogP contribution in [-0.2, 0) is 17.8 Å². The van der Waals surface area contributed by atoms with Gasteiger partial charge in [0.15, 0.2) is 13.2 Å². The molecule has 192 valence electrons. The largest absolute Gasteiger partial charge is 0.482 e. The fraction of sp³-hybridized carbons (Fsp3) is 0.640. The number of halogens is 2. The first kappa shape index (κ1) is 25.8. The first-order valence-corrected chi connectivity index (χ1v) is 13.1. The highest BCUT2D eigenvalue weighted by Crippen LogP contribution is 2.32. The van der Waals surface area contributed by atoms with Gasteiger partial charge in [0.05, 0.1) is 11.9 Å². The number of pyridine rings is 1. The number of nitrogens with zero attached hydrogens (tertiary/aromatic N) is 3. The van der Waals surface area contributed by atoms with Crippen molar-refractivity contribution in [3.63, 3.8) is 0 Å². The Morgan fingerprint density at radius 1 is 1.26 bits per heavy atom. The number of carbonyl (C=O) groups is 1. The van der Waals surface area contributed by atoms with Crippen LogP contribution in [0, 0.1) is 12.8 Å². The van der Waals surface area contributed by atoms with Gasteiger partial charge < -0.3 is 14.8 Å². The van der Waals surface area contributed by atoms with Crippen LogP contribution in [-0.4, -0.2) is 59.0 Å². The van der Waals surface area contributed by atoms with Crippen molar-refractivity contribution >= 4 is 17.2 Å². The average Bonchev–Trinajstić information content (AvgIpc) is 3.24. The number of amides is 1. The van der Waals surface area contributed by atoms with Crippen LogP contribution in [0.3, 0.4) is 0 Å². The van der Waals surface area contributed by atoms with Crippen molar-refractivity contribution in [2.45, 2.75) is 70.9 Å². The summed E-state index contributed by atoms with van der Waals surface area (Å²) < 4.78 is 36.8.